The molecular formula is C11H13N5O4. The molecule has 3 N–H and O–H groups in total. The van der Waals surface area contributed by atoms with E-state index in [9.17, 15) is 15.0 Å². The molecule has 4 rings (SSSR count). The van der Waals surface area contributed by atoms with Gasteiger partial charge in [0, 0.05) is 13.1 Å². The standard InChI is InChI=1S/C11H13N5O4/c1-12-4-2-6(17)16-10-7(4)13-14-15(10)3-5-8(18)9(19)11(16)20-5/h2,5,8-9,11-12,18-19H,3H2,1H3/t5-,8?,9?,11-/m1/s1. The molecule has 0 aliphatic carbocycles. The molecule has 4 heterocycles. The number of pyridine rings is 1. The van der Waals surface area contributed by atoms with Gasteiger partial charge in [0.2, 0.25) is 0 Å². The summed E-state index contributed by atoms with van der Waals surface area (Å²) < 4.78 is 8.41. The van der Waals surface area contributed by atoms with Gasteiger partial charge in [0.05, 0.1) is 12.2 Å². The Morgan fingerprint density at radius 1 is 1.45 bits per heavy atom. The minimum absolute atomic E-state index is 0.234. The van der Waals surface area contributed by atoms with Crippen LogP contribution in [0, 0.1) is 0 Å². The summed E-state index contributed by atoms with van der Waals surface area (Å²) in [6.07, 6.45) is -3.74. The smallest absolute Gasteiger partial charge is 0.256 e. The highest BCUT2D eigenvalue weighted by molar-refractivity contribution is 5.85. The molecule has 20 heavy (non-hydrogen) atoms. The van der Waals surface area contributed by atoms with Gasteiger partial charge in [-0.25, -0.2) is 4.68 Å². The predicted octanol–water partition coefficient (Wildman–Crippen LogP) is -1.73. The molecule has 0 aromatic carbocycles. The summed E-state index contributed by atoms with van der Waals surface area (Å²) in [4.78, 5) is 12.3. The van der Waals surface area contributed by atoms with Crippen LogP contribution in [0.15, 0.2) is 10.9 Å². The van der Waals surface area contributed by atoms with Crippen LogP contribution in [0.2, 0.25) is 0 Å². The molecule has 0 radical (unpaired) electrons. The number of hydrogen-bond donors (Lipinski definition) is 3. The highest BCUT2D eigenvalue weighted by Crippen LogP contribution is 2.35. The SMILES string of the molecule is CNc1cc(=O)n2c3c1nnn3C[C@H]1O[C@@H]2C(O)C1O. The topological polar surface area (TPSA) is 114 Å². The van der Waals surface area contributed by atoms with Gasteiger partial charge in [-0.05, 0) is 0 Å². The number of aliphatic hydroxyl groups is 2. The van der Waals surface area contributed by atoms with Crippen LogP contribution < -0.4 is 10.9 Å². The lowest BCUT2D eigenvalue weighted by atomic mass is 10.1. The van der Waals surface area contributed by atoms with Crippen molar-refractivity contribution in [2.24, 2.45) is 0 Å². The third kappa shape index (κ3) is 1.29. The summed E-state index contributed by atoms with van der Waals surface area (Å²) in [5.74, 6) is 0. The predicted molar refractivity (Wildman–Crippen MR) is 67.3 cm³/mol. The summed E-state index contributed by atoms with van der Waals surface area (Å²) in [6.45, 7) is 0.234. The highest BCUT2D eigenvalue weighted by atomic mass is 16.6. The van der Waals surface area contributed by atoms with Crippen molar-refractivity contribution in [2.75, 3.05) is 12.4 Å². The van der Waals surface area contributed by atoms with Gasteiger partial charge in [0.25, 0.3) is 5.56 Å². The third-order valence-electron chi connectivity index (χ3n) is 3.91. The molecule has 4 atom stereocenters. The summed E-state index contributed by atoms with van der Waals surface area (Å²) >= 11 is 0. The lowest BCUT2D eigenvalue weighted by molar-refractivity contribution is -0.0351. The second-order valence-electron chi connectivity index (χ2n) is 5.01. The molecule has 106 valence electrons. The Balaban J connectivity index is 2.08. The minimum Gasteiger partial charge on any atom is -0.387 e. The van der Waals surface area contributed by atoms with Crippen LogP contribution in [0.4, 0.5) is 5.69 Å². The van der Waals surface area contributed by atoms with Crippen molar-refractivity contribution in [2.45, 2.75) is 31.1 Å². The molecule has 9 nitrogen and oxygen atoms in total. The summed E-state index contributed by atoms with van der Waals surface area (Å²) in [6, 6.07) is 1.38. The van der Waals surface area contributed by atoms with E-state index in [1.165, 1.54) is 15.3 Å². The van der Waals surface area contributed by atoms with Crippen molar-refractivity contribution in [3.63, 3.8) is 0 Å². The van der Waals surface area contributed by atoms with Crippen molar-refractivity contribution in [1.82, 2.24) is 19.6 Å². The van der Waals surface area contributed by atoms with Crippen molar-refractivity contribution in [1.29, 1.82) is 0 Å². The molecule has 2 aliphatic heterocycles. The minimum atomic E-state index is -1.15. The molecule has 2 aliphatic rings. The zero-order valence-corrected chi connectivity index (χ0v) is 10.6. The lowest BCUT2D eigenvalue weighted by Crippen LogP contribution is -2.38. The molecule has 2 unspecified atom stereocenters. The lowest BCUT2D eigenvalue weighted by Gasteiger charge is -2.20. The Hall–Kier alpha value is -1.97. The van der Waals surface area contributed by atoms with Gasteiger partial charge in [-0.15, -0.1) is 5.10 Å². The fourth-order valence-corrected chi connectivity index (χ4v) is 2.91. The van der Waals surface area contributed by atoms with E-state index >= 15 is 0 Å². The van der Waals surface area contributed by atoms with E-state index in [4.69, 9.17) is 4.74 Å². The van der Waals surface area contributed by atoms with E-state index in [1.54, 1.807) is 7.05 Å². The quantitative estimate of drug-likeness (QED) is 0.568. The average molecular weight is 279 g/mol. The van der Waals surface area contributed by atoms with Crippen molar-refractivity contribution < 1.29 is 14.9 Å². The molecule has 2 aromatic heterocycles. The maximum absolute atomic E-state index is 12.3. The normalized spacial score (nSPS) is 31.6. The number of aliphatic hydroxyl groups excluding tert-OH is 2. The van der Waals surface area contributed by atoms with Crippen LogP contribution >= 0.6 is 0 Å². The number of ether oxygens (including phenoxy) is 1. The number of nitrogens with one attached hydrogen (secondary N) is 1. The van der Waals surface area contributed by atoms with Crippen LogP contribution in [0.5, 0.6) is 0 Å². The van der Waals surface area contributed by atoms with Crippen LogP contribution in [-0.2, 0) is 11.3 Å². The van der Waals surface area contributed by atoms with Crippen molar-refractivity contribution >= 4 is 16.9 Å². The number of nitrogens with zero attached hydrogens (tertiary/aromatic N) is 4. The zero-order valence-electron chi connectivity index (χ0n) is 10.6. The summed E-state index contributed by atoms with van der Waals surface area (Å²) in [7, 11) is 1.69. The van der Waals surface area contributed by atoms with Crippen LogP contribution in [-0.4, -0.2) is 55.1 Å². The maximum atomic E-state index is 12.3. The fraction of sp³-hybridized carbons (Fsp3) is 0.545. The van der Waals surface area contributed by atoms with E-state index in [0.717, 1.165) is 0 Å². The van der Waals surface area contributed by atoms with Crippen LogP contribution in [0.1, 0.15) is 6.23 Å². The number of anilines is 1. The van der Waals surface area contributed by atoms with E-state index in [0.29, 0.717) is 16.9 Å². The number of aromatic nitrogens is 4. The van der Waals surface area contributed by atoms with E-state index < -0.39 is 24.5 Å². The molecular weight excluding hydrogens is 266 g/mol. The number of hydrogen-bond acceptors (Lipinski definition) is 7. The molecule has 2 bridgehead atoms. The second kappa shape index (κ2) is 3.78. The van der Waals surface area contributed by atoms with Gasteiger partial charge >= 0.3 is 0 Å². The Bertz CT molecular complexity index is 753. The Morgan fingerprint density at radius 3 is 3.00 bits per heavy atom. The van der Waals surface area contributed by atoms with Crippen LogP contribution in [0.25, 0.3) is 11.2 Å². The first-order chi connectivity index (χ1) is 9.61. The van der Waals surface area contributed by atoms with Gasteiger partial charge < -0.3 is 20.3 Å². The Morgan fingerprint density at radius 2 is 2.25 bits per heavy atom. The van der Waals surface area contributed by atoms with E-state index in [1.807, 2.05) is 0 Å². The highest BCUT2D eigenvalue weighted by Gasteiger charge is 2.47. The molecule has 0 saturated carbocycles. The second-order valence-corrected chi connectivity index (χ2v) is 5.01. The fourth-order valence-electron chi connectivity index (χ4n) is 2.91. The first-order valence-electron chi connectivity index (χ1n) is 6.30. The first kappa shape index (κ1) is 11.8. The molecule has 0 spiro atoms. The summed E-state index contributed by atoms with van der Waals surface area (Å²) in [5, 5.41) is 31.0. The molecule has 1 fully saturated rings. The Labute approximate surface area is 112 Å². The van der Waals surface area contributed by atoms with Crippen molar-refractivity contribution in [3.05, 3.63) is 16.4 Å². The van der Waals surface area contributed by atoms with Gasteiger partial charge in [-0.1, -0.05) is 5.21 Å². The summed E-state index contributed by atoms with van der Waals surface area (Å²) in [5.41, 5.74) is 1.25. The molecule has 2 aromatic rings. The number of rotatable bonds is 1. The van der Waals surface area contributed by atoms with Crippen LogP contribution in [0.3, 0.4) is 0 Å². The van der Waals surface area contributed by atoms with Gasteiger partial charge in [-0.3, -0.25) is 9.36 Å². The third-order valence-corrected chi connectivity index (χ3v) is 3.91. The average Bonchev–Trinajstić information content (AvgIpc) is 2.89. The van der Waals surface area contributed by atoms with Crippen molar-refractivity contribution in [3.8, 4) is 0 Å². The van der Waals surface area contributed by atoms with E-state index in [-0.39, 0.29) is 12.1 Å². The largest absolute Gasteiger partial charge is 0.387 e. The maximum Gasteiger partial charge on any atom is 0.256 e. The molecule has 0 amide bonds. The monoisotopic (exact) mass is 279 g/mol. The molecule has 9 heteroatoms. The first-order valence-corrected chi connectivity index (χ1v) is 6.30. The number of fused-ring (bicyclic) bond motifs is 3. The zero-order chi connectivity index (χ0) is 14.0. The van der Waals surface area contributed by atoms with Gasteiger partial charge in [0.1, 0.15) is 18.3 Å². The van der Waals surface area contributed by atoms with E-state index in [2.05, 4.69) is 15.6 Å². The molecule has 1 saturated heterocycles. The van der Waals surface area contributed by atoms with Gasteiger partial charge in [0.15, 0.2) is 17.4 Å². The Kier molecular flexibility index (Phi) is 2.23. The van der Waals surface area contributed by atoms with Gasteiger partial charge in [-0.2, -0.15) is 0 Å².